The van der Waals surface area contributed by atoms with Gasteiger partial charge in [0.1, 0.15) is 18.1 Å². The molecule has 2 N–H and O–H groups in total. The van der Waals surface area contributed by atoms with E-state index >= 15 is 0 Å². The number of aliphatic hydroxyl groups is 1. The molecule has 1 saturated carbocycles. The van der Waals surface area contributed by atoms with E-state index in [9.17, 15) is 8.42 Å². The third-order valence-electron chi connectivity index (χ3n) is 2.46. The molecule has 0 unspecified atom stereocenters. The van der Waals surface area contributed by atoms with Crippen LogP contribution in [0, 0.1) is 17.8 Å². The average molecular weight is 266 g/mol. The lowest BCUT2D eigenvalue weighted by atomic mass is 10.3. The van der Waals surface area contributed by atoms with Gasteiger partial charge in [-0.25, -0.2) is 13.4 Å². The standard InChI is InChI=1S/C12H14N2O3S/c15-8-2-4-11-3-1-5-12(13-11)14-18(16,17)9-10-6-7-10/h1,3,5,10,15H,6-9H2,(H,13,14). The highest BCUT2D eigenvalue weighted by Gasteiger charge is 2.28. The summed E-state index contributed by atoms with van der Waals surface area (Å²) in [4.78, 5) is 4.05. The van der Waals surface area contributed by atoms with Crippen LogP contribution in [0.3, 0.4) is 0 Å². The molecule has 5 nitrogen and oxygen atoms in total. The number of anilines is 1. The molecule has 0 spiro atoms. The molecule has 1 heterocycles. The average Bonchev–Trinajstić information content (AvgIpc) is 3.09. The van der Waals surface area contributed by atoms with Gasteiger partial charge in [0.15, 0.2) is 0 Å². The van der Waals surface area contributed by atoms with Gasteiger partial charge in [0, 0.05) is 0 Å². The quantitative estimate of drug-likeness (QED) is 0.781. The smallest absolute Gasteiger partial charge is 0.234 e. The van der Waals surface area contributed by atoms with Crippen molar-refractivity contribution in [1.29, 1.82) is 0 Å². The zero-order chi connectivity index (χ0) is 13.0. The van der Waals surface area contributed by atoms with Gasteiger partial charge in [-0.15, -0.1) is 0 Å². The Labute approximate surface area is 106 Å². The molecular weight excluding hydrogens is 252 g/mol. The van der Waals surface area contributed by atoms with Crippen LogP contribution in [0.5, 0.6) is 0 Å². The van der Waals surface area contributed by atoms with Crippen LogP contribution in [-0.4, -0.2) is 30.9 Å². The van der Waals surface area contributed by atoms with Gasteiger partial charge in [-0.3, -0.25) is 4.72 Å². The number of hydrogen-bond acceptors (Lipinski definition) is 4. The Hall–Kier alpha value is -1.58. The van der Waals surface area contributed by atoms with Crippen molar-refractivity contribution in [1.82, 2.24) is 4.98 Å². The van der Waals surface area contributed by atoms with Gasteiger partial charge < -0.3 is 5.11 Å². The van der Waals surface area contributed by atoms with Crippen molar-refractivity contribution in [2.24, 2.45) is 5.92 Å². The van der Waals surface area contributed by atoms with Crippen LogP contribution in [0.2, 0.25) is 0 Å². The predicted octanol–water partition coefficient (Wildman–Crippen LogP) is 0.577. The zero-order valence-electron chi connectivity index (χ0n) is 9.76. The van der Waals surface area contributed by atoms with Gasteiger partial charge in [0.2, 0.25) is 10.0 Å². The second-order valence-corrected chi connectivity index (χ2v) is 5.96. The summed E-state index contributed by atoms with van der Waals surface area (Å²) in [6, 6.07) is 4.90. The summed E-state index contributed by atoms with van der Waals surface area (Å²) in [5.74, 6) is 5.80. The summed E-state index contributed by atoms with van der Waals surface area (Å²) in [5, 5.41) is 8.58. The van der Waals surface area contributed by atoms with Crippen molar-refractivity contribution in [3.63, 3.8) is 0 Å². The molecule has 1 aromatic heterocycles. The Kier molecular flexibility index (Phi) is 3.84. The molecule has 0 saturated heterocycles. The number of nitrogens with one attached hydrogen (secondary N) is 1. The summed E-state index contributed by atoms with van der Waals surface area (Å²) in [6.45, 7) is -0.251. The van der Waals surface area contributed by atoms with Gasteiger partial charge in [0.05, 0.1) is 5.75 Å². The monoisotopic (exact) mass is 266 g/mol. The highest BCUT2D eigenvalue weighted by molar-refractivity contribution is 7.92. The molecule has 0 amide bonds. The van der Waals surface area contributed by atoms with Gasteiger partial charge in [0.25, 0.3) is 0 Å². The van der Waals surface area contributed by atoms with Crippen molar-refractivity contribution >= 4 is 15.8 Å². The van der Waals surface area contributed by atoms with Crippen LogP contribution >= 0.6 is 0 Å². The molecule has 6 heteroatoms. The molecule has 96 valence electrons. The van der Waals surface area contributed by atoms with Crippen LogP contribution in [0.1, 0.15) is 18.5 Å². The fourth-order valence-corrected chi connectivity index (χ4v) is 2.96. The van der Waals surface area contributed by atoms with Crippen LogP contribution in [0.4, 0.5) is 5.82 Å². The lowest BCUT2D eigenvalue weighted by molar-refractivity contribution is 0.350. The van der Waals surface area contributed by atoms with Crippen molar-refractivity contribution in [3.8, 4) is 11.8 Å². The third-order valence-corrected chi connectivity index (χ3v) is 3.89. The fraction of sp³-hybridized carbons (Fsp3) is 0.417. The van der Waals surface area contributed by atoms with E-state index in [1.165, 1.54) is 0 Å². The first-order valence-corrected chi connectivity index (χ1v) is 7.31. The van der Waals surface area contributed by atoms with Crippen LogP contribution in [0.15, 0.2) is 18.2 Å². The SMILES string of the molecule is O=S(=O)(CC1CC1)Nc1cccc(C#CCO)n1. The summed E-state index contributed by atoms with van der Waals surface area (Å²) >= 11 is 0. The first kappa shape index (κ1) is 12.9. The summed E-state index contributed by atoms with van der Waals surface area (Å²) in [6.07, 6.45) is 1.96. The number of hydrogen-bond donors (Lipinski definition) is 2. The molecule has 1 aromatic rings. The molecule has 0 radical (unpaired) electrons. The Morgan fingerprint density at radius 3 is 2.89 bits per heavy atom. The maximum Gasteiger partial charge on any atom is 0.234 e. The summed E-state index contributed by atoms with van der Waals surface area (Å²) in [7, 11) is -3.32. The zero-order valence-corrected chi connectivity index (χ0v) is 10.6. The van der Waals surface area contributed by atoms with Crippen molar-refractivity contribution < 1.29 is 13.5 Å². The molecule has 2 rings (SSSR count). The Morgan fingerprint density at radius 1 is 1.44 bits per heavy atom. The molecular formula is C12H14N2O3S. The summed E-state index contributed by atoms with van der Waals surface area (Å²) < 4.78 is 25.9. The Morgan fingerprint density at radius 2 is 2.22 bits per heavy atom. The third kappa shape index (κ3) is 4.02. The molecule has 0 bridgehead atoms. The van der Waals surface area contributed by atoms with Crippen molar-refractivity contribution in [3.05, 3.63) is 23.9 Å². The van der Waals surface area contributed by atoms with E-state index in [1.54, 1.807) is 18.2 Å². The fourth-order valence-electron chi connectivity index (χ4n) is 1.49. The number of aliphatic hydroxyl groups excluding tert-OH is 1. The molecule has 0 atom stereocenters. The minimum absolute atomic E-state index is 0.154. The van der Waals surface area contributed by atoms with Crippen molar-refractivity contribution in [2.45, 2.75) is 12.8 Å². The minimum atomic E-state index is -3.32. The van der Waals surface area contributed by atoms with E-state index in [-0.39, 0.29) is 18.2 Å². The number of sulfonamides is 1. The van der Waals surface area contributed by atoms with Gasteiger partial charge in [-0.2, -0.15) is 0 Å². The molecule has 18 heavy (non-hydrogen) atoms. The molecule has 1 aliphatic carbocycles. The summed E-state index contributed by atoms with van der Waals surface area (Å²) in [5.41, 5.74) is 0.427. The topological polar surface area (TPSA) is 79.3 Å². The predicted molar refractivity (Wildman–Crippen MR) is 68.3 cm³/mol. The van der Waals surface area contributed by atoms with E-state index in [0.29, 0.717) is 11.6 Å². The lowest BCUT2D eigenvalue weighted by Gasteiger charge is -2.06. The van der Waals surface area contributed by atoms with E-state index in [2.05, 4.69) is 21.5 Å². The second kappa shape index (κ2) is 5.38. The Bertz CT molecular complexity index is 583. The highest BCUT2D eigenvalue weighted by Crippen LogP contribution is 2.30. The number of pyridine rings is 1. The molecule has 1 fully saturated rings. The van der Waals surface area contributed by atoms with Crippen LogP contribution in [-0.2, 0) is 10.0 Å². The van der Waals surface area contributed by atoms with Crippen molar-refractivity contribution in [2.75, 3.05) is 17.1 Å². The van der Waals surface area contributed by atoms with Gasteiger partial charge in [-0.1, -0.05) is 12.0 Å². The first-order valence-electron chi connectivity index (χ1n) is 5.66. The molecule has 0 aromatic carbocycles. The minimum Gasteiger partial charge on any atom is -0.384 e. The van der Waals surface area contributed by atoms with E-state index < -0.39 is 10.0 Å². The molecule has 0 aliphatic heterocycles. The number of aromatic nitrogens is 1. The van der Waals surface area contributed by atoms with Crippen LogP contribution in [0.25, 0.3) is 0 Å². The largest absolute Gasteiger partial charge is 0.384 e. The maximum atomic E-state index is 11.7. The highest BCUT2D eigenvalue weighted by atomic mass is 32.2. The maximum absolute atomic E-state index is 11.7. The van der Waals surface area contributed by atoms with Gasteiger partial charge in [-0.05, 0) is 36.8 Å². The van der Waals surface area contributed by atoms with E-state index in [0.717, 1.165) is 12.8 Å². The van der Waals surface area contributed by atoms with Gasteiger partial charge >= 0.3 is 0 Å². The normalized spacial score (nSPS) is 14.7. The number of rotatable bonds is 4. The van der Waals surface area contributed by atoms with E-state index in [1.807, 2.05) is 0 Å². The first-order chi connectivity index (χ1) is 8.59. The number of nitrogens with zero attached hydrogens (tertiary/aromatic N) is 1. The second-order valence-electron chi connectivity index (χ2n) is 4.19. The molecule has 1 aliphatic rings. The van der Waals surface area contributed by atoms with E-state index in [4.69, 9.17) is 5.11 Å². The lowest BCUT2D eigenvalue weighted by Crippen LogP contribution is -2.18. The van der Waals surface area contributed by atoms with Crippen LogP contribution < -0.4 is 4.72 Å². The Balaban J connectivity index is 2.08.